The molecule has 1 heterocycles. The number of hydrogen-bond donors (Lipinski definition) is 1. The highest BCUT2D eigenvalue weighted by atomic mass is 16.2. The minimum atomic E-state index is -0.740. The van der Waals surface area contributed by atoms with Crippen molar-refractivity contribution in [2.45, 2.75) is 39.2 Å². The first kappa shape index (κ1) is 17.9. The van der Waals surface area contributed by atoms with Crippen molar-refractivity contribution >= 4 is 29.0 Å². The standard InChI is InChI=1S/C21H22N2O3/c1-4-17(20(25)22-16-11-7-5-9-14(16)13(2)3)23-18-12-8-6-10-15(18)19(24)21(23)26/h5-13,17H,4H2,1-3H3,(H,22,25). The molecule has 0 saturated carbocycles. The second-order valence-corrected chi connectivity index (χ2v) is 6.68. The van der Waals surface area contributed by atoms with Gasteiger partial charge in [0, 0.05) is 5.69 Å². The number of Topliss-reactive ketones (excluding diaryl/α,β-unsaturated/α-hetero) is 1. The molecule has 5 heteroatoms. The molecule has 0 aromatic heterocycles. The van der Waals surface area contributed by atoms with Crippen LogP contribution in [0.25, 0.3) is 0 Å². The van der Waals surface area contributed by atoms with Crippen molar-refractivity contribution in [1.82, 2.24) is 0 Å². The van der Waals surface area contributed by atoms with Crippen molar-refractivity contribution in [2.75, 3.05) is 10.2 Å². The van der Waals surface area contributed by atoms with Gasteiger partial charge >= 0.3 is 0 Å². The number of nitrogens with one attached hydrogen (secondary N) is 1. The summed E-state index contributed by atoms with van der Waals surface area (Å²) in [5, 5.41) is 2.94. The van der Waals surface area contributed by atoms with E-state index >= 15 is 0 Å². The molecule has 1 N–H and O–H groups in total. The van der Waals surface area contributed by atoms with Gasteiger partial charge in [-0.3, -0.25) is 19.3 Å². The number of carbonyl (C=O) groups excluding carboxylic acids is 3. The van der Waals surface area contributed by atoms with E-state index in [4.69, 9.17) is 0 Å². The first-order valence-electron chi connectivity index (χ1n) is 8.82. The van der Waals surface area contributed by atoms with Gasteiger partial charge in [0.15, 0.2) is 0 Å². The topological polar surface area (TPSA) is 66.5 Å². The van der Waals surface area contributed by atoms with E-state index in [9.17, 15) is 14.4 Å². The third-order valence-corrected chi connectivity index (χ3v) is 4.66. The van der Waals surface area contributed by atoms with E-state index in [1.165, 1.54) is 4.90 Å². The molecule has 1 unspecified atom stereocenters. The Morgan fingerprint density at radius 1 is 1.04 bits per heavy atom. The van der Waals surface area contributed by atoms with Crippen LogP contribution in [0.2, 0.25) is 0 Å². The van der Waals surface area contributed by atoms with E-state index in [1.807, 2.05) is 31.2 Å². The summed E-state index contributed by atoms with van der Waals surface area (Å²) in [6.45, 7) is 5.94. The van der Waals surface area contributed by atoms with Crippen molar-refractivity contribution in [1.29, 1.82) is 0 Å². The fourth-order valence-electron chi connectivity index (χ4n) is 3.33. The fraction of sp³-hybridized carbons (Fsp3) is 0.286. The fourth-order valence-corrected chi connectivity index (χ4v) is 3.33. The van der Waals surface area contributed by atoms with Gasteiger partial charge in [-0.15, -0.1) is 0 Å². The molecule has 2 aromatic carbocycles. The van der Waals surface area contributed by atoms with Gasteiger partial charge < -0.3 is 5.32 Å². The number of rotatable bonds is 5. The zero-order valence-corrected chi connectivity index (χ0v) is 15.2. The second-order valence-electron chi connectivity index (χ2n) is 6.68. The Balaban J connectivity index is 1.92. The van der Waals surface area contributed by atoms with Crippen LogP contribution in [0.3, 0.4) is 0 Å². The number of amides is 2. The van der Waals surface area contributed by atoms with Gasteiger partial charge in [-0.2, -0.15) is 0 Å². The zero-order chi connectivity index (χ0) is 18.8. The van der Waals surface area contributed by atoms with Gasteiger partial charge in [0.05, 0.1) is 11.3 Å². The van der Waals surface area contributed by atoms with E-state index in [0.29, 0.717) is 17.7 Å². The molecule has 0 saturated heterocycles. The average Bonchev–Trinajstić information content (AvgIpc) is 2.88. The lowest BCUT2D eigenvalue weighted by Crippen LogP contribution is -2.46. The van der Waals surface area contributed by atoms with E-state index in [2.05, 4.69) is 19.2 Å². The highest BCUT2D eigenvalue weighted by Crippen LogP contribution is 2.32. The third-order valence-electron chi connectivity index (χ3n) is 4.66. The predicted molar refractivity (Wildman–Crippen MR) is 101 cm³/mol. The summed E-state index contributed by atoms with van der Waals surface area (Å²) in [6, 6.07) is 13.7. The number of anilines is 2. The van der Waals surface area contributed by atoms with Crippen molar-refractivity contribution < 1.29 is 14.4 Å². The molecule has 26 heavy (non-hydrogen) atoms. The van der Waals surface area contributed by atoms with Crippen LogP contribution in [0.4, 0.5) is 11.4 Å². The summed E-state index contributed by atoms with van der Waals surface area (Å²) in [5.41, 5.74) is 2.62. The van der Waals surface area contributed by atoms with Crippen LogP contribution in [0.15, 0.2) is 48.5 Å². The Bertz CT molecular complexity index is 873. The predicted octanol–water partition coefficient (Wildman–Crippen LogP) is 3.76. The van der Waals surface area contributed by atoms with Gasteiger partial charge in [-0.25, -0.2) is 0 Å². The summed E-state index contributed by atoms with van der Waals surface area (Å²) in [6.07, 6.45) is 0.406. The Hall–Kier alpha value is -2.95. The number of hydrogen-bond acceptors (Lipinski definition) is 3. The Kier molecular flexibility index (Phi) is 4.89. The van der Waals surface area contributed by atoms with E-state index < -0.39 is 17.7 Å². The van der Waals surface area contributed by atoms with Crippen molar-refractivity contribution in [2.24, 2.45) is 0 Å². The summed E-state index contributed by atoms with van der Waals surface area (Å²) >= 11 is 0. The highest BCUT2D eigenvalue weighted by molar-refractivity contribution is 6.52. The molecule has 1 aliphatic rings. The summed E-state index contributed by atoms with van der Waals surface area (Å²) < 4.78 is 0. The van der Waals surface area contributed by atoms with E-state index in [0.717, 1.165) is 11.3 Å². The number of ketones is 1. The van der Waals surface area contributed by atoms with Gasteiger partial charge in [0.2, 0.25) is 5.91 Å². The molecule has 0 fully saturated rings. The molecular weight excluding hydrogens is 328 g/mol. The molecule has 0 radical (unpaired) electrons. The van der Waals surface area contributed by atoms with Crippen molar-refractivity contribution in [3.63, 3.8) is 0 Å². The Labute approximate surface area is 153 Å². The van der Waals surface area contributed by atoms with Crippen molar-refractivity contribution in [3.05, 3.63) is 59.7 Å². The lowest BCUT2D eigenvalue weighted by Gasteiger charge is -2.26. The van der Waals surface area contributed by atoms with Gasteiger partial charge in [0.1, 0.15) is 6.04 Å². The van der Waals surface area contributed by atoms with Crippen molar-refractivity contribution in [3.8, 4) is 0 Å². The summed E-state index contributed by atoms with van der Waals surface area (Å²) in [4.78, 5) is 39.0. The molecule has 134 valence electrons. The summed E-state index contributed by atoms with van der Waals surface area (Å²) in [7, 11) is 0. The SMILES string of the molecule is CCC(C(=O)Nc1ccccc1C(C)C)N1C(=O)C(=O)c2ccccc21. The lowest BCUT2D eigenvalue weighted by molar-refractivity contribution is -0.121. The molecule has 5 nitrogen and oxygen atoms in total. The molecule has 1 aliphatic heterocycles. The molecular formula is C21H22N2O3. The highest BCUT2D eigenvalue weighted by Gasteiger charge is 2.41. The van der Waals surface area contributed by atoms with Crippen LogP contribution < -0.4 is 10.2 Å². The van der Waals surface area contributed by atoms with Gasteiger partial charge in [-0.05, 0) is 36.1 Å². The van der Waals surface area contributed by atoms with E-state index in [-0.39, 0.29) is 11.8 Å². The van der Waals surface area contributed by atoms with Crippen LogP contribution in [0.5, 0.6) is 0 Å². The first-order valence-corrected chi connectivity index (χ1v) is 8.82. The summed E-state index contributed by atoms with van der Waals surface area (Å²) in [5.74, 6) is -1.25. The molecule has 1 atom stereocenters. The van der Waals surface area contributed by atoms with Crippen LogP contribution in [0, 0.1) is 0 Å². The number of nitrogens with zero attached hydrogens (tertiary/aromatic N) is 1. The molecule has 0 aliphatic carbocycles. The van der Waals surface area contributed by atoms with Crippen LogP contribution in [-0.4, -0.2) is 23.6 Å². The number of benzene rings is 2. The van der Waals surface area contributed by atoms with Gasteiger partial charge in [0.25, 0.3) is 11.7 Å². The monoisotopic (exact) mass is 350 g/mol. The second kappa shape index (κ2) is 7.12. The minimum Gasteiger partial charge on any atom is -0.324 e. The molecule has 2 aromatic rings. The maximum absolute atomic E-state index is 13.0. The average molecular weight is 350 g/mol. The third kappa shape index (κ3) is 3.01. The smallest absolute Gasteiger partial charge is 0.300 e. The Morgan fingerprint density at radius 3 is 2.38 bits per heavy atom. The van der Waals surface area contributed by atoms with Crippen LogP contribution >= 0.6 is 0 Å². The van der Waals surface area contributed by atoms with Crippen LogP contribution in [-0.2, 0) is 9.59 Å². The van der Waals surface area contributed by atoms with E-state index in [1.54, 1.807) is 24.3 Å². The lowest BCUT2D eigenvalue weighted by atomic mass is 10.0. The number of carbonyl (C=O) groups is 3. The maximum Gasteiger partial charge on any atom is 0.300 e. The quantitative estimate of drug-likeness (QED) is 0.835. The maximum atomic E-state index is 13.0. The normalized spacial score (nSPS) is 14.5. The molecule has 3 rings (SSSR count). The first-order chi connectivity index (χ1) is 12.5. The Morgan fingerprint density at radius 2 is 1.69 bits per heavy atom. The van der Waals surface area contributed by atoms with Gasteiger partial charge in [-0.1, -0.05) is 51.1 Å². The molecule has 0 spiro atoms. The number of para-hydroxylation sites is 2. The van der Waals surface area contributed by atoms with Crippen LogP contribution in [0.1, 0.15) is 49.0 Å². The molecule has 2 amide bonds. The minimum absolute atomic E-state index is 0.252. The molecule has 0 bridgehead atoms. The largest absolute Gasteiger partial charge is 0.324 e. The number of fused-ring (bicyclic) bond motifs is 1. The zero-order valence-electron chi connectivity index (χ0n) is 15.2.